The highest BCUT2D eigenvalue weighted by atomic mass is 127. The van der Waals surface area contributed by atoms with E-state index in [-0.39, 0.29) is 30.0 Å². The van der Waals surface area contributed by atoms with Gasteiger partial charge >= 0.3 is 0 Å². The number of hydrogen-bond donors (Lipinski definition) is 2. The first kappa shape index (κ1) is 19.4. The van der Waals surface area contributed by atoms with Crippen LogP contribution in [0.15, 0.2) is 27.9 Å². The van der Waals surface area contributed by atoms with Gasteiger partial charge in [0, 0.05) is 23.2 Å². The summed E-state index contributed by atoms with van der Waals surface area (Å²) in [7, 11) is 1.79. The van der Waals surface area contributed by atoms with Crippen molar-refractivity contribution in [2.75, 3.05) is 7.05 Å². The maximum absolute atomic E-state index is 4.62. The zero-order valence-corrected chi connectivity index (χ0v) is 17.3. The van der Waals surface area contributed by atoms with Gasteiger partial charge in [0.2, 0.25) is 0 Å². The van der Waals surface area contributed by atoms with E-state index in [1.54, 1.807) is 29.7 Å². The van der Waals surface area contributed by atoms with Gasteiger partial charge in [-0.25, -0.2) is 4.98 Å². The smallest absolute Gasteiger partial charge is 0.191 e. The summed E-state index contributed by atoms with van der Waals surface area (Å²) in [6.07, 6.45) is 0. The number of aliphatic imine (C=N–C) groups is 1. The standard InChI is InChI=1S/C15H22N4S2.HI/c1-10(2)14-19-12(9-21-14)8-17-15(16-4)18-11(3)13-6-5-7-20-13;/h5-7,9-11H,8H2,1-4H3,(H2,16,17,18);1H. The minimum atomic E-state index is 0. The van der Waals surface area contributed by atoms with Crippen molar-refractivity contribution in [3.63, 3.8) is 0 Å². The molecule has 0 aliphatic heterocycles. The van der Waals surface area contributed by atoms with Crippen molar-refractivity contribution >= 4 is 52.6 Å². The number of guanidine groups is 1. The molecule has 0 aromatic carbocycles. The average Bonchev–Trinajstić information content (AvgIpc) is 3.13. The van der Waals surface area contributed by atoms with Crippen LogP contribution in [0.2, 0.25) is 0 Å². The van der Waals surface area contributed by atoms with Crippen molar-refractivity contribution in [1.29, 1.82) is 0 Å². The first-order chi connectivity index (χ1) is 10.1. The molecule has 2 heterocycles. The van der Waals surface area contributed by atoms with Crippen LogP contribution in [0, 0.1) is 0 Å². The second-order valence-corrected chi connectivity index (χ2v) is 7.01. The van der Waals surface area contributed by atoms with Gasteiger partial charge in [-0.2, -0.15) is 0 Å². The van der Waals surface area contributed by atoms with Gasteiger partial charge in [-0.05, 0) is 18.4 Å². The lowest BCUT2D eigenvalue weighted by Crippen LogP contribution is -2.38. The number of nitrogens with one attached hydrogen (secondary N) is 2. The second-order valence-electron chi connectivity index (χ2n) is 5.14. The summed E-state index contributed by atoms with van der Waals surface area (Å²) < 4.78 is 0. The summed E-state index contributed by atoms with van der Waals surface area (Å²) in [6, 6.07) is 4.44. The first-order valence-corrected chi connectivity index (χ1v) is 8.81. The fourth-order valence-corrected chi connectivity index (χ4v) is 3.42. The fraction of sp³-hybridized carbons (Fsp3) is 0.467. The average molecular weight is 450 g/mol. The Balaban J connectivity index is 0.00000242. The van der Waals surface area contributed by atoms with Crippen molar-refractivity contribution in [1.82, 2.24) is 15.6 Å². The highest BCUT2D eigenvalue weighted by Crippen LogP contribution is 2.19. The summed E-state index contributed by atoms with van der Waals surface area (Å²) in [6.45, 7) is 7.16. The predicted molar refractivity (Wildman–Crippen MR) is 108 cm³/mol. The van der Waals surface area contributed by atoms with E-state index in [0.717, 1.165) is 11.7 Å². The normalized spacial score (nSPS) is 12.9. The number of halogens is 1. The van der Waals surface area contributed by atoms with Crippen LogP contribution in [0.3, 0.4) is 0 Å². The van der Waals surface area contributed by atoms with Gasteiger partial charge in [0.25, 0.3) is 0 Å². The highest BCUT2D eigenvalue weighted by molar-refractivity contribution is 14.0. The van der Waals surface area contributed by atoms with Gasteiger partial charge in [0.15, 0.2) is 5.96 Å². The first-order valence-electron chi connectivity index (χ1n) is 7.05. The Labute approximate surface area is 157 Å². The van der Waals surface area contributed by atoms with E-state index in [1.807, 2.05) is 0 Å². The molecule has 2 aromatic rings. The van der Waals surface area contributed by atoms with Gasteiger partial charge in [0.05, 0.1) is 23.3 Å². The summed E-state index contributed by atoms with van der Waals surface area (Å²) >= 11 is 3.47. The third kappa shape index (κ3) is 5.51. The molecule has 0 radical (unpaired) electrons. The van der Waals surface area contributed by atoms with Crippen LogP contribution in [0.5, 0.6) is 0 Å². The molecular weight excluding hydrogens is 427 g/mol. The number of aromatic nitrogens is 1. The molecular formula is C15H23IN4S2. The minimum absolute atomic E-state index is 0. The van der Waals surface area contributed by atoms with E-state index in [0.29, 0.717) is 12.5 Å². The third-order valence-corrected chi connectivity index (χ3v) is 5.30. The van der Waals surface area contributed by atoms with Gasteiger partial charge in [-0.15, -0.1) is 46.7 Å². The predicted octanol–water partition coefficient (Wildman–Crippen LogP) is 4.37. The van der Waals surface area contributed by atoms with Crippen LogP contribution in [0.1, 0.15) is 48.3 Å². The van der Waals surface area contributed by atoms with Gasteiger partial charge in [-0.1, -0.05) is 19.9 Å². The maximum Gasteiger partial charge on any atom is 0.191 e. The molecule has 122 valence electrons. The molecule has 4 nitrogen and oxygen atoms in total. The van der Waals surface area contributed by atoms with E-state index >= 15 is 0 Å². The maximum atomic E-state index is 4.62. The Morgan fingerprint density at radius 2 is 2.09 bits per heavy atom. The van der Waals surface area contributed by atoms with Crippen LogP contribution in [-0.4, -0.2) is 18.0 Å². The number of hydrogen-bond acceptors (Lipinski definition) is 4. The zero-order valence-electron chi connectivity index (χ0n) is 13.3. The molecule has 22 heavy (non-hydrogen) atoms. The molecule has 0 aliphatic carbocycles. The Morgan fingerprint density at radius 3 is 2.64 bits per heavy atom. The summed E-state index contributed by atoms with van der Waals surface area (Å²) in [4.78, 5) is 10.2. The van der Waals surface area contributed by atoms with Crippen molar-refractivity contribution < 1.29 is 0 Å². The number of nitrogens with zero attached hydrogens (tertiary/aromatic N) is 2. The Bertz CT molecular complexity index is 578. The molecule has 2 rings (SSSR count). The van der Waals surface area contributed by atoms with Crippen LogP contribution in [-0.2, 0) is 6.54 Å². The lowest BCUT2D eigenvalue weighted by atomic mass is 10.2. The molecule has 0 bridgehead atoms. The SMILES string of the molecule is CN=C(NCc1csc(C(C)C)n1)NC(C)c1cccs1.I. The Kier molecular flexibility index (Phi) is 8.34. The van der Waals surface area contributed by atoms with Gasteiger partial charge < -0.3 is 10.6 Å². The van der Waals surface area contributed by atoms with Crippen molar-refractivity contribution in [2.24, 2.45) is 4.99 Å². The van der Waals surface area contributed by atoms with E-state index in [1.165, 1.54) is 9.88 Å². The molecule has 7 heteroatoms. The molecule has 2 N–H and O–H groups in total. The van der Waals surface area contributed by atoms with E-state index in [4.69, 9.17) is 0 Å². The van der Waals surface area contributed by atoms with Crippen LogP contribution >= 0.6 is 46.7 Å². The second kappa shape index (κ2) is 9.46. The van der Waals surface area contributed by atoms with Crippen LogP contribution in [0.25, 0.3) is 0 Å². The molecule has 1 atom stereocenters. The molecule has 0 aliphatic rings. The zero-order chi connectivity index (χ0) is 15.2. The molecule has 0 saturated carbocycles. The molecule has 1 unspecified atom stereocenters. The van der Waals surface area contributed by atoms with Crippen LogP contribution in [0.4, 0.5) is 0 Å². The van der Waals surface area contributed by atoms with E-state index in [2.05, 4.69) is 64.3 Å². The molecule has 0 saturated heterocycles. The van der Waals surface area contributed by atoms with Crippen molar-refractivity contribution in [3.8, 4) is 0 Å². The van der Waals surface area contributed by atoms with Crippen molar-refractivity contribution in [3.05, 3.63) is 38.5 Å². The lowest BCUT2D eigenvalue weighted by Gasteiger charge is -2.16. The number of rotatable bonds is 5. The van der Waals surface area contributed by atoms with Crippen LogP contribution < -0.4 is 10.6 Å². The topological polar surface area (TPSA) is 49.3 Å². The van der Waals surface area contributed by atoms with Gasteiger partial charge in [0.1, 0.15) is 0 Å². The molecule has 2 aromatic heterocycles. The number of thiazole rings is 1. The highest BCUT2D eigenvalue weighted by Gasteiger charge is 2.10. The lowest BCUT2D eigenvalue weighted by molar-refractivity contribution is 0.693. The monoisotopic (exact) mass is 450 g/mol. The quantitative estimate of drug-likeness (QED) is 0.404. The summed E-state index contributed by atoms with van der Waals surface area (Å²) in [5, 5.41) is 12.1. The Hall–Kier alpha value is -0.670. The molecule has 0 amide bonds. The number of thiophene rings is 1. The van der Waals surface area contributed by atoms with E-state index in [9.17, 15) is 0 Å². The minimum Gasteiger partial charge on any atom is -0.351 e. The largest absolute Gasteiger partial charge is 0.351 e. The van der Waals surface area contributed by atoms with E-state index < -0.39 is 0 Å². The van der Waals surface area contributed by atoms with Crippen molar-refractivity contribution in [2.45, 2.75) is 39.3 Å². The molecule has 0 fully saturated rings. The molecule has 0 spiro atoms. The third-order valence-electron chi connectivity index (χ3n) is 3.05. The summed E-state index contributed by atoms with van der Waals surface area (Å²) in [5.41, 5.74) is 1.07. The fourth-order valence-electron chi connectivity index (χ4n) is 1.85. The van der Waals surface area contributed by atoms with Gasteiger partial charge in [-0.3, -0.25) is 4.99 Å². The Morgan fingerprint density at radius 1 is 1.32 bits per heavy atom. The summed E-state index contributed by atoms with van der Waals surface area (Å²) in [5.74, 6) is 1.29.